The van der Waals surface area contributed by atoms with Gasteiger partial charge < -0.3 is 4.74 Å². The minimum Gasteiger partial charge on any atom is -0.486 e. The third kappa shape index (κ3) is 2.90. The molecule has 0 fully saturated rings. The summed E-state index contributed by atoms with van der Waals surface area (Å²) >= 11 is 0. The van der Waals surface area contributed by atoms with E-state index in [9.17, 15) is 14.5 Å². The van der Waals surface area contributed by atoms with Crippen molar-refractivity contribution in [1.82, 2.24) is 0 Å². The van der Waals surface area contributed by atoms with Gasteiger partial charge in [0, 0.05) is 0 Å². The molecule has 0 spiro atoms. The monoisotopic (exact) mass is 213 g/mol. The lowest BCUT2D eigenvalue weighted by Crippen LogP contribution is -2.06. The maximum atomic E-state index is 13.1. The van der Waals surface area contributed by atoms with E-state index in [-0.39, 0.29) is 11.7 Å². The largest absolute Gasteiger partial charge is 0.486 e. The van der Waals surface area contributed by atoms with Gasteiger partial charge >= 0.3 is 5.69 Å². The van der Waals surface area contributed by atoms with Crippen LogP contribution in [0, 0.1) is 21.8 Å². The predicted octanol–water partition coefficient (Wildman–Crippen LogP) is 2.77. The van der Waals surface area contributed by atoms with Crippen molar-refractivity contribution in [2.75, 3.05) is 6.61 Å². The average Bonchev–Trinajstić information content (AvgIpc) is 2.13. The predicted molar refractivity (Wildman–Crippen MR) is 53.4 cm³/mol. The second-order valence-corrected chi connectivity index (χ2v) is 3.55. The summed E-state index contributed by atoms with van der Waals surface area (Å²) in [6.07, 6.45) is 0. The van der Waals surface area contributed by atoms with Crippen LogP contribution in [0.5, 0.6) is 5.75 Å². The molecule has 1 aromatic rings. The molecule has 0 saturated heterocycles. The third-order valence-corrected chi connectivity index (χ3v) is 1.70. The summed E-state index contributed by atoms with van der Waals surface area (Å²) in [5.74, 6) is -0.664. The fourth-order valence-electron chi connectivity index (χ4n) is 1.05. The van der Waals surface area contributed by atoms with Crippen LogP contribution in [-0.4, -0.2) is 11.5 Å². The van der Waals surface area contributed by atoms with Gasteiger partial charge in [-0.15, -0.1) is 0 Å². The molecule has 0 aliphatic rings. The Labute approximate surface area is 86.8 Å². The van der Waals surface area contributed by atoms with E-state index in [1.54, 1.807) is 0 Å². The van der Waals surface area contributed by atoms with Gasteiger partial charge in [0.05, 0.1) is 11.5 Å². The topological polar surface area (TPSA) is 52.4 Å². The van der Waals surface area contributed by atoms with Gasteiger partial charge in [-0.2, -0.15) is 4.39 Å². The first-order valence-corrected chi connectivity index (χ1v) is 4.58. The number of halogens is 1. The Morgan fingerprint density at radius 1 is 1.53 bits per heavy atom. The summed E-state index contributed by atoms with van der Waals surface area (Å²) in [4.78, 5) is 9.80. The van der Waals surface area contributed by atoms with Crippen LogP contribution in [0.1, 0.15) is 13.8 Å². The van der Waals surface area contributed by atoms with Gasteiger partial charge in [0.15, 0.2) is 5.75 Å². The molecule has 5 heteroatoms. The number of benzene rings is 1. The lowest BCUT2D eigenvalue weighted by molar-refractivity contribution is -0.388. The summed E-state index contributed by atoms with van der Waals surface area (Å²) in [5, 5.41) is 10.6. The zero-order valence-corrected chi connectivity index (χ0v) is 8.57. The van der Waals surface area contributed by atoms with E-state index in [0.29, 0.717) is 6.61 Å². The summed E-state index contributed by atoms with van der Waals surface area (Å²) in [7, 11) is 0. The lowest BCUT2D eigenvalue weighted by Gasteiger charge is -2.08. The molecule has 15 heavy (non-hydrogen) atoms. The van der Waals surface area contributed by atoms with E-state index in [4.69, 9.17) is 4.74 Å². The summed E-state index contributed by atoms with van der Waals surface area (Å²) in [6, 6.07) is 3.82. The van der Waals surface area contributed by atoms with Crippen LogP contribution in [0.2, 0.25) is 0 Å². The molecule has 0 radical (unpaired) electrons. The highest BCUT2D eigenvalue weighted by atomic mass is 19.1. The van der Waals surface area contributed by atoms with Gasteiger partial charge in [0.25, 0.3) is 0 Å². The van der Waals surface area contributed by atoms with Crippen molar-refractivity contribution in [3.63, 3.8) is 0 Å². The van der Waals surface area contributed by atoms with Crippen molar-refractivity contribution in [3.8, 4) is 5.75 Å². The van der Waals surface area contributed by atoms with Crippen molar-refractivity contribution in [3.05, 3.63) is 34.1 Å². The van der Waals surface area contributed by atoms with E-state index in [1.165, 1.54) is 12.1 Å². The SMILES string of the molecule is CC(C)COc1cccc(F)c1[N+](=O)[O-]. The number of nitrogens with zero attached hydrogens (tertiary/aromatic N) is 1. The van der Waals surface area contributed by atoms with E-state index in [2.05, 4.69) is 0 Å². The molecular formula is C10H12FNO3. The minimum absolute atomic E-state index is 0.0197. The maximum Gasteiger partial charge on any atom is 0.346 e. The second-order valence-electron chi connectivity index (χ2n) is 3.55. The fraction of sp³-hybridized carbons (Fsp3) is 0.400. The van der Waals surface area contributed by atoms with Crippen LogP contribution in [0.3, 0.4) is 0 Å². The Hall–Kier alpha value is -1.65. The number of hydrogen-bond donors (Lipinski definition) is 0. The first-order valence-electron chi connectivity index (χ1n) is 4.58. The zero-order chi connectivity index (χ0) is 11.4. The fourth-order valence-corrected chi connectivity index (χ4v) is 1.05. The third-order valence-electron chi connectivity index (χ3n) is 1.70. The Kier molecular flexibility index (Phi) is 3.60. The number of rotatable bonds is 4. The van der Waals surface area contributed by atoms with Gasteiger partial charge in [-0.3, -0.25) is 10.1 Å². The van der Waals surface area contributed by atoms with Crippen molar-refractivity contribution >= 4 is 5.69 Å². The molecule has 4 nitrogen and oxygen atoms in total. The van der Waals surface area contributed by atoms with E-state index >= 15 is 0 Å². The van der Waals surface area contributed by atoms with Crippen LogP contribution >= 0.6 is 0 Å². The molecule has 1 rings (SSSR count). The van der Waals surface area contributed by atoms with Crippen LogP contribution in [0.15, 0.2) is 18.2 Å². The molecule has 0 saturated carbocycles. The van der Waals surface area contributed by atoms with Gasteiger partial charge in [-0.05, 0) is 18.1 Å². The number of ether oxygens (including phenoxy) is 1. The Morgan fingerprint density at radius 2 is 2.20 bits per heavy atom. The molecule has 0 aromatic heterocycles. The van der Waals surface area contributed by atoms with Gasteiger partial charge in [-0.1, -0.05) is 19.9 Å². The van der Waals surface area contributed by atoms with Crippen LogP contribution in [-0.2, 0) is 0 Å². The van der Waals surface area contributed by atoms with Crippen LogP contribution in [0.25, 0.3) is 0 Å². The number of para-hydroxylation sites is 1. The number of nitro groups is 1. The summed E-state index contributed by atoms with van der Waals surface area (Å²) < 4.78 is 18.3. The molecule has 82 valence electrons. The van der Waals surface area contributed by atoms with Crippen LogP contribution < -0.4 is 4.74 Å². The molecule has 0 atom stereocenters. The van der Waals surface area contributed by atoms with Crippen molar-refractivity contribution in [1.29, 1.82) is 0 Å². The first-order chi connectivity index (χ1) is 7.02. The normalized spacial score (nSPS) is 10.4. The van der Waals surface area contributed by atoms with Gasteiger partial charge in [0.2, 0.25) is 5.82 Å². The molecule has 0 aliphatic carbocycles. The molecule has 0 unspecified atom stereocenters. The van der Waals surface area contributed by atoms with E-state index in [1.807, 2.05) is 13.8 Å². The van der Waals surface area contributed by atoms with Gasteiger partial charge in [-0.25, -0.2) is 0 Å². The van der Waals surface area contributed by atoms with Crippen LogP contribution in [0.4, 0.5) is 10.1 Å². The minimum atomic E-state index is -0.874. The van der Waals surface area contributed by atoms with Gasteiger partial charge in [0.1, 0.15) is 0 Å². The highest BCUT2D eigenvalue weighted by Gasteiger charge is 2.21. The Morgan fingerprint density at radius 3 is 2.73 bits per heavy atom. The Balaban J connectivity index is 2.96. The molecule has 1 aromatic carbocycles. The quantitative estimate of drug-likeness (QED) is 0.570. The summed E-state index contributed by atoms with van der Waals surface area (Å²) in [5.41, 5.74) is -0.599. The standard InChI is InChI=1S/C10H12FNO3/c1-7(2)6-15-9-5-3-4-8(11)10(9)12(13)14/h3-5,7H,6H2,1-2H3. The highest BCUT2D eigenvalue weighted by molar-refractivity contribution is 5.47. The first kappa shape index (κ1) is 11.4. The smallest absolute Gasteiger partial charge is 0.346 e. The van der Waals surface area contributed by atoms with E-state index in [0.717, 1.165) is 6.07 Å². The summed E-state index contributed by atoms with van der Waals surface area (Å²) in [6.45, 7) is 4.14. The van der Waals surface area contributed by atoms with Crippen molar-refractivity contribution in [2.45, 2.75) is 13.8 Å². The molecule has 0 N–H and O–H groups in total. The van der Waals surface area contributed by atoms with Crippen molar-refractivity contribution in [2.24, 2.45) is 5.92 Å². The number of hydrogen-bond acceptors (Lipinski definition) is 3. The molecule has 0 bridgehead atoms. The molecule has 0 amide bonds. The highest BCUT2D eigenvalue weighted by Crippen LogP contribution is 2.29. The molecule has 0 aliphatic heterocycles. The van der Waals surface area contributed by atoms with E-state index < -0.39 is 16.4 Å². The van der Waals surface area contributed by atoms with Crippen molar-refractivity contribution < 1.29 is 14.1 Å². The average molecular weight is 213 g/mol. The zero-order valence-electron chi connectivity index (χ0n) is 8.57. The molecular weight excluding hydrogens is 201 g/mol. The maximum absolute atomic E-state index is 13.1. The Bertz CT molecular complexity index is 366. The molecule has 0 heterocycles. The lowest BCUT2D eigenvalue weighted by atomic mass is 10.2. The second kappa shape index (κ2) is 4.72. The number of nitro benzene ring substituents is 1.